The monoisotopic (exact) mass is 293 g/mol. The van der Waals surface area contributed by atoms with E-state index in [1.54, 1.807) is 7.11 Å². The topological polar surface area (TPSA) is 39.7 Å². The fraction of sp³-hybridized carbons (Fsp3) is 0.647. The molecule has 21 heavy (non-hydrogen) atoms. The molecule has 0 heterocycles. The van der Waals surface area contributed by atoms with Gasteiger partial charge in [0.15, 0.2) is 11.5 Å². The van der Waals surface area contributed by atoms with E-state index in [0.29, 0.717) is 25.9 Å². The maximum Gasteiger partial charge on any atom is 0.165 e. The van der Waals surface area contributed by atoms with Gasteiger partial charge in [-0.2, -0.15) is 0 Å². The van der Waals surface area contributed by atoms with Crippen LogP contribution in [0.5, 0.6) is 11.5 Å². The minimum atomic E-state index is 0.546. The average Bonchev–Trinajstić information content (AvgIpc) is 3.03. The second-order valence-corrected chi connectivity index (χ2v) is 5.36. The van der Waals surface area contributed by atoms with Crippen LogP contribution in [-0.2, 0) is 11.3 Å². The number of para-hydroxylation sites is 1. The minimum Gasteiger partial charge on any atom is -0.493 e. The van der Waals surface area contributed by atoms with E-state index < -0.39 is 0 Å². The summed E-state index contributed by atoms with van der Waals surface area (Å²) < 4.78 is 16.6. The van der Waals surface area contributed by atoms with Crippen molar-refractivity contribution in [1.82, 2.24) is 5.32 Å². The van der Waals surface area contributed by atoms with Gasteiger partial charge < -0.3 is 19.5 Å². The van der Waals surface area contributed by atoms with Gasteiger partial charge in [0, 0.05) is 24.8 Å². The molecule has 1 aliphatic rings. The van der Waals surface area contributed by atoms with Crippen LogP contribution < -0.4 is 14.8 Å². The van der Waals surface area contributed by atoms with Gasteiger partial charge in [0.25, 0.3) is 0 Å². The van der Waals surface area contributed by atoms with Crippen molar-refractivity contribution in [3.8, 4) is 11.5 Å². The molecule has 0 saturated heterocycles. The lowest BCUT2D eigenvalue weighted by atomic mass is 10.1. The van der Waals surface area contributed by atoms with E-state index in [0.717, 1.165) is 23.6 Å². The van der Waals surface area contributed by atoms with Crippen LogP contribution in [-0.4, -0.2) is 33.0 Å². The molecule has 1 aromatic carbocycles. The quantitative estimate of drug-likeness (QED) is 0.710. The van der Waals surface area contributed by atoms with Crippen LogP contribution in [0.25, 0.3) is 0 Å². The summed E-state index contributed by atoms with van der Waals surface area (Å²) in [5.74, 6) is 1.63. The zero-order valence-corrected chi connectivity index (χ0v) is 13.2. The van der Waals surface area contributed by atoms with E-state index in [4.69, 9.17) is 14.2 Å². The number of nitrogens with one attached hydrogen (secondary N) is 1. The Morgan fingerprint density at radius 1 is 1.19 bits per heavy atom. The van der Waals surface area contributed by atoms with Crippen molar-refractivity contribution in [2.24, 2.45) is 0 Å². The zero-order chi connectivity index (χ0) is 14.9. The molecule has 1 aliphatic carbocycles. The smallest absolute Gasteiger partial charge is 0.165 e. The first kappa shape index (κ1) is 16.1. The summed E-state index contributed by atoms with van der Waals surface area (Å²) in [6.07, 6.45) is 5.25. The SMILES string of the molecule is CCOCCOc1c(CNC2CCCC2)cccc1OC. The molecule has 4 heteroatoms. The van der Waals surface area contributed by atoms with Gasteiger partial charge in [-0.3, -0.25) is 0 Å². The Morgan fingerprint density at radius 3 is 2.71 bits per heavy atom. The number of benzene rings is 1. The highest BCUT2D eigenvalue weighted by Gasteiger charge is 2.16. The van der Waals surface area contributed by atoms with Crippen LogP contribution in [0.15, 0.2) is 18.2 Å². The standard InChI is InChI=1S/C17H27NO3/c1-3-20-11-12-21-17-14(7-6-10-16(17)19-2)13-18-15-8-4-5-9-15/h6-7,10,15,18H,3-5,8-9,11-13H2,1-2H3. The molecule has 1 N–H and O–H groups in total. The Bertz CT molecular complexity index is 416. The van der Waals surface area contributed by atoms with Crippen molar-refractivity contribution in [2.75, 3.05) is 26.9 Å². The van der Waals surface area contributed by atoms with Gasteiger partial charge in [-0.05, 0) is 25.8 Å². The fourth-order valence-corrected chi connectivity index (χ4v) is 2.76. The summed E-state index contributed by atoms with van der Waals surface area (Å²) in [5, 5.41) is 3.62. The highest BCUT2D eigenvalue weighted by Crippen LogP contribution is 2.31. The molecule has 1 saturated carbocycles. The number of ether oxygens (including phenoxy) is 3. The summed E-state index contributed by atoms with van der Waals surface area (Å²) in [7, 11) is 1.68. The van der Waals surface area contributed by atoms with E-state index in [-0.39, 0.29) is 0 Å². The summed E-state index contributed by atoms with van der Waals surface area (Å²) in [6, 6.07) is 6.70. The Hall–Kier alpha value is -1.26. The second-order valence-electron chi connectivity index (χ2n) is 5.36. The number of rotatable bonds is 9. The van der Waals surface area contributed by atoms with Crippen LogP contribution in [0.2, 0.25) is 0 Å². The van der Waals surface area contributed by atoms with E-state index in [1.165, 1.54) is 25.7 Å². The van der Waals surface area contributed by atoms with Gasteiger partial charge in [-0.1, -0.05) is 25.0 Å². The summed E-state index contributed by atoms with van der Waals surface area (Å²) in [4.78, 5) is 0. The third-order valence-electron chi connectivity index (χ3n) is 3.89. The first-order valence-electron chi connectivity index (χ1n) is 7.95. The lowest BCUT2D eigenvalue weighted by Gasteiger charge is -2.17. The van der Waals surface area contributed by atoms with Crippen LogP contribution >= 0.6 is 0 Å². The van der Waals surface area contributed by atoms with Crippen molar-refractivity contribution in [2.45, 2.75) is 45.2 Å². The molecule has 2 rings (SSSR count). The fourth-order valence-electron chi connectivity index (χ4n) is 2.76. The molecule has 1 fully saturated rings. The second kappa shape index (κ2) is 8.90. The van der Waals surface area contributed by atoms with Gasteiger partial charge in [0.2, 0.25) is 0 Å². The minimum absolute atomic E-state index is 0.546. The number of methoxy groups -OCH3 is 1. The molecule has 0 aromatic heterocycles. The third kappa shape index (κ3) is 4.90. The van der Waals surface area contributed by atoms with Crippen LogP contribution in [0.1, 0.15) is 38.2 Å². The first-order valence-corrected chi connectivity index (χ1v) is 7.95. The van der Waals surface area contributed by atoms with Crippen LogP contribution in [0.4, 0.5) is 0 Å². The Kier molecular flexibility index (Phi) is 6.83. The van der Waals surface area contributed by atoms with Crippen molar-refractivity contribution in [3.05, 3.63) is 23.8 Å². The van der Waals surface area contributed by atoms with Crippen molar-refractivity contribution in [1.29, 1.82) is 0 Å². The van der Waals surface area contributed by atoms with E-state index in [1.807, 2.05) is 19.1 Å². The summed E-state index contributed by atoms with van der Waals surface area (Å²) >= 11 is 0. The third-order valence-corrected chi connectivity index (χ3v) is 3.89. The van der Waals surface area contributed by atoms with Crippen LogP contribution in [0, 0.1) is 0 Å². The molecular formula is C17H27NO3. The normalized spacial score (nSPS) is 15.3. The number of hydrogen-bond donors (Lipinski definition) is 1. The lowest BCUT2D eigenvalue weighted by Crippen LogP contribution is -2.25. The van der Waals surface area contributed by atoms with Gasteiger partial charge >= 0.3 is 0 Å². The summed E-state index contributed by atoms with van der Waals surface area (Å²) in [6.45, 7) is 4.67. The average molecular weight is 293 g/mol. The van der Waals surface area contributed by atoms with Crippen LogP contribution in [0.3, 0.4) is 0 Å². The van der Waals surface area contributed by atoms with E-state index in [2.05, 4.69) is 11.4 Å². The maximum atomic E-state index is 5.89. The molecular weight excluding hydrogens is 266 g/mol. The predicted molar refractivity (Wildman–Crippen MR) is 84.1 cm³/mol. The van der Waals surface area contributed by atoms with Gasteiger partial charge in [-0.15, -0.1) is 0 Å². The van der Waals surface area contributed by atoms with E-state index >= 15 is 0 Å². The van der Waals surface area contributed by atoms with Crippen molar-refractivity contribution < 1.29 is 14.2 Å². The summed E-state index contributed by atoms with van der Waals surface area (Å²) in [5.41, 5.74) is 1.15. The van der Waals surface area contributed by atoms with Gasteiger partial charge in [0.1, 0.15) is 6.61 Å². The number of hydrogen-bond acceptors (Lipinski definition) is 4. The molecule has 1 aromatic rings. The van der Waals surface area contributed by atoms with Crippen molar-refractivity contribution in [3.63, 3.8) is 0 Å². The molecule has 0 radical (unpaired) electrons. The predicted octanol–water partition coefficient (Wildman–Crippen LogP) is 3.14. The Morgan fingerprint density at radius 2 is 2.00 bits per heavy atom. The zero-order valence-electron chi connectivity index (χ0n) is 13.2. The van der Waals surface area contributed by atoms with Crippen molar-refractivity contribution >= 4 is 0 Å². The van der Waals surface area contributed by atoms with Gasteiger partial charge in [0.05, 0.1) is 13.7 Å². The maximum absolute atomic E-state index is 5.89. The molecule has 0 atom stereocenters. The largest absolute Gasteiger partial charge is 0.493 e. The molecule has 0 unspecified atom stereocenters. The molecule has 0 aliphatic heterocycles. The first-order chi connectivity index (χ1) is 10.3. The Labute approximate surface area is 127 Å². The molecule has 0 spiro atoms. The molecule has 0 bridgehead atoms. The molecule has 118 valence electrons. The molecule has 0 amide bonds. The van der Waals surface area contributed by atoms with Gasteiger partial charge in [-0.25, -0.2) is 0 Å². The lowest BCUT2D eigenvalue weighted by molar-refractivity contribution is 0.108. The highest BCUT2D eigenvalue weighted by molar-refractivity contribution is 5.46. The van der Waals surface area contributed by atoms with E-state index in [9.17, 15) is 0 Å². The Balaban J connectivity index is 1.96. The molecule has 4 nitrogen and oxygen atoms in total. The highest BCUT2D eigenvalue weighted by atomic mass is 16.5.